The molecule has 0 unspecified atom stereocenters. The van der Waals surface area contributed by atoms with Gasteiger partial charge < -0.3 is 0 Å². The molecule has 0 rings (SSSR count). The van der Waals surface area contributed by atoms with E-state index in [1.165, 1.54) is 65.5 Å². The van der Waals surface area contributed by atoms with Crippen LogP contribution in [0.5, 0.6) is 0 Å². The predicted octanol–water partition coefficient (Wildman–Crippen LogP) is 10.8. The normalized spacial score (nSPS) is 14.3. The van der Waals surface area contributed by atoms with Crippen LogP contribution in [0.1, 0.15) is 113 Å². The van der Waals surface area contributed by atoms with Gasteiger partial charge in [-0.15, -0.1) is 11.6 Å². The summed E-state index contributed by atoms with van der Waals surface area (Å²) in [5, 5.41) is 0. The van der Waals surface area contributed by atoms with Crippen molar-refractivity contribution in [1.29, 1.82) is 0 Å². The molecule has 0 saturated heterocycles. The SMILES string of the molecule is CC(C)=CCC/C(C)=C\CC/C(C)=C/CC/C=C(\C)CC/C=C(\C)CC/C=C(\C)CCl. The van der Waals surface area contributed by atoms with E-state index in [0.29, 0.717) is 5.88 Å². The molecule has 31 heavy (non-hydrogen) atoms. The summed E-state index contributed by atoms with van der Waals surface area (Å²) in [6.45, 7) is 15.5. The summed E-state index contributed by atoms with van der Waals surface area (Å²) in [7, 11) is 0. The fourth-order valence-corrected chi connectivity index (χ4v) is 3.46. The minimum absolute atomic E-state index is 0.648. The molecule has 176 valence electrons. The van der Waals surface area contributed by atoms with Gasteiger partial charge in [-0.25, -0.2) is 0 Å². The average Bonchev–Trinajstić information content (AvgIpc) is 2.70. The molecule has 0 saturated carbocycles. The second-order valence-electron chi connectivity index (χ2n) is 9.40. The van der Waals surface area contributed by atoms with E-state index in [9.17, 15) is 0 Å². The lowest BCUT2D eigenvalue weighted by Gasteiger charge is -2.03. The van der Waals surface area contributed by atoms with Crippen molar-refractivity contribution in [3.05, 3.63) is 69.9 Å². The van der Waals surface area contributed by atoms with E-state index >= 15 is 0 Å². The van der Waals surface area contributed by atoms with Crippen molar-refractivity contribution in [2.75, 3.05) is 5.88 Å². The molecule has 0 nitrogen and oxygen atoms in total. The van der Waals surface area contributed by atoms with Gasteiger partial charge in [0.15, 0.2) is 0 Å². The highest BCUT2D eigenvalue weighted by molar-refractivity contribution is 6.19. The summed E-state index contributed by atoms with van der Waals surface area (Å²) in [5.41, 5.74) is 8.75. The summed E-state index contributed by atoms with van der Waals surface area (Å²) in [4.78, 5) is 0. The first-order valence-corrected chi connectivity index (χ1v) is 12.8. The molecule has 0 aliphatic carbocycles. The second kappa shape index (κ2) is 19.4. The van der Waals surface area contributed by atoms with Crippen LogP contribution < -0.4 is 0 Å². The minimum atomic E-state index is 0.648. The third-order valence-corrected chi connectivity index (χ3v) is 5.97. The zero-order valence-corrected chi connectivity index (χ0v) is 22.4. The fraction of sp³-hybridized carbons (Fsp3) is 0.600. The van der Waals surface area contributed by atoms with Crippen LogP contribution in [0, 0.1) is 0 Å². The van der Waals surface area contributed by atoms with Crippen molar-refractivity contribution in [1.82, 2.24) is 0 Å². The molecule has 0 aromatic heterocycles. The first-order valence-electron chi connectivity index (χ1n) is 12.2. The zero-order valence-electron chi connectivity index (χ0n) is 21.6. The van der Waals surface area contributed by atoms with Gasteiger partial charge in [0.2, 0.25) is 0 Å². The van der Waals surface area contributed by atoms with Crippen LogP contribution in [0.2, 0.25) is 0 Å². The molecule has 0 bridgehead atoms. The topological polar surface area (TPSA) is 0 Å². The summed E-state index contributed by atoms with van der Waals surface area (Å²) < 4.78 is 0. The molecule has 0 aromatic carbocycles. The molecule has 0 heterocycles. The van der Waals surface area contributed by atoms with Gasteiger partial charge in [0, 0.05) is 5.88 Å². The van der Waals surface area contributed by atoms with Crippen molar-refractivity contribution in [2.45, 2.75) is 113 Å². The first-order chi connectivity index (χ1) is 14.7. The number of halogens is 1. The van der Waals surface area contributed by atoms with Gasteiger partial charge in [-0.1, -0.05) is 69.9 Å². The van der Waals surface area contributed by atoms with Crippen molar-refractivity contribution < 1.29 is 0 Å². The molecular formula is C30H49Cl. The molecule has 0 atom stereocenters. The van der Waals surface area contributed by atoms with Crippen LogP contribution in [0.15, 0.2) is 69.9 Å². The lowest BCUT2D eigenvalue weighted by molar-refractivity contribution is 0.896. The van der Waals surface area contributed by atoms with Crippen LogP contribution in [0.25, 0.3) is 0 Å². The predicted molar refractivity (Wildman–Crippen MR) is 145 cm³/mol. The lowest BCUT2D eigenvalue weighted by Crippen LogP contribution is -1.83. The molecule has 1 heteroatoms. The monoisotopic (exact) mass is 444 g/mol. The van der Waals surface area contributed by atoms with E-state index in [1.807, 2.05) is 0 Å². The first kappa shape index (κ1) is 29.7. The van der Waals surface area contributed by atoms with Gasteiger partial charge in [-0.05, 0) is 113 Å². The van der Waals surface area contributed by atoms with Crippen molar-refractivity contribution in [3.8, 4) is 0 Å². The van der Waals surface area contributed by atoms with Gasteiger partial charge >= 0.3 is 0 Å². The van der Waals surface area contributed by atoms with Crippen LogP contribution in [-0.2, 0) is 0 Å². The average molecular weight is 445 g/mol. The third kappa shape index (κ3) is 20.4. The largest absolute Gasteiger partial charge is 0.122 e. The van der Waals surface area contributed by atoms with Crippen LogP contribution in [0.4, 0.5) is 0 Å². The molecule has 0 radical (unpaired) electrons. The van der Waals surface area contributed by atoms with E-state index in [-0.39, 0.29) is 0 Å². The van der Waals surface area contributed by atoms with Crippen molar-refractivity contribution in [3.63, 3.8) is 0 Å². The van der Waals surface area contributed by atoms with Crippen molar-refractivity contribution >= 4 is 11.6 Å². The van der Waals surface area contributed by atoms with E-state index in [0.717, 1.165) is 32.1 Å². The van der Waals surface area contributed by atoms with E-state index < -0.39 is 0 Å². The number of alkyl halides is 1. The molecule has 0 amide bonds. The fourth-order valence-electron chi connectivity index (χ4n) is 3.35. The number of allylic oxidation sites excluding steroid dienone is 12. The Labute approximate surface area is 199 Å². The smallest absolute Gasteiger partial charge is 0.0430 e. The Morgan fingerprint density at radius 2 is 0.710 bits per heavy atom. The van der Waals surface area contributed by atoms with Crippen LogP contribution in [-0.4, -0.2) is 5.88 Å². The minimum Gasteiger partial charge on any atom is -0.122 e. The number of unbranched alkanes of at least 4 members (excludes halogenated alkanes) is 1. The van der Waals surface area contributed by atoms with E-state index in [4.69, 9.17) is 11.6 Å². The highest BCUT2D eigenvalue weighted by Gasteiger charge is 1.94. The Kier molecular flexibility index (Phi) is 18.6. The van der Waals surface area contributed by atoms with Crippen LogP contribution >= 0.6 is 11.6 Å². The maximum Gasteiger partial charge on any atom is 0.0430 e. The quantitative estimate of drug-likeness (QED) is 0.126. The maximum absolute atomic E-state index is 5.82. The number of hydrogen-bond donors (Lipinski definition) is 0. The van der Waals surface area contributed by atoms with Gasteiger partial charge in [-0.2, -0.15) is 0 Å². The summed E-state index contributed by atoms with van der Waals surface area (Å²) in [6, 6.07) is 0. The van der Waals surface area contributed by atoms with E-state index in [1.54, 1.807) is 0 Å². The number of rotatable bonds is 16. The summed E-state index contributed by atoms with van der Waals surface area (Å²) >= 11 is 5.82. The zero-order chi connectivity index (χ0) is 23.5. The molecular weight excluding hydrogens is 396 g/mol. The Hall–Kier alpha value is -1.27. The summed E-state index contributed by atoms with van der Waals surface area (Å²) in [6.07, 6.45) is 25.9. The molecule has 0 spiro atoms. The van der Waals surface area contributed by atoms with Gasteiger partial charge in [0.1, 0.15) is 0 Å². The van der Waals surface area contributed by atoms with Gasteiger partial charge in [0.25, 0.3) is 0 Å². The number of hydrogen-bond acceptors (Lipinski definition) is 0. The molecule has 0 fully saturated rings. The molecule has 0 aliphatic heterocycles. The third-order valence-electron chi connectivity index (χ3n) is 5.55. The molecule has 0 aliphatic rings. The lowest BCUT2D eigenvalue weighted by atomic mass is 10.0. The van der Waals surface area contributed by atoms with Crippen molar-refractivity contribution in [2.24, 2.45) is 0 Å². The second-order valence-corrected chi connectivity index (χ2v) is 9.67. The Morgan fingerprint density at radius 1 is 0.419 bits per heavy atom. The summed E-state index contributed by atoms with van der Waals surface area (Å²) in [5.74, 6) is 0.648. The van der Waals surface area contributed by atoms with Crippen LogP contribution in [0.3, 0.4) is 0 Å². The maximum atomic E-state index is 5.82. The van der Waals surface area contributed by atoms with Gasteiger partial charge in [-0.3, -0.25) is 0 Å². The molecule has 0 N–H and O–H groups in total. The Balaban J connectivity index is 4.07. The Morgan fingerprint density at radius 3 is 1.03 bits per heavy atom. The standard InChI is InChI=1S/C30H49Cl/c1-25(2)14-10-17-28(5)20-11-18-26(3)15-8-9-16-27(4)19-12-21-29(6)22-13-23-30(7)24-31/h14-16,20-21,23H,8-13,17-19,22,24H2,1-7H3/b26-15+,27-16+,28-20-,29-21+,30-23+. The highest BCUT2D eigenvalue weighted by Crippen LogP contribution is 2.14. The Bertz CT molecular complexity index is 661. The highest BCUT2D eigenvalue weighted by atomic mass is 35.5. The van der Waals surface area contributed by atoms with Gasteiger partial charge in [0.05, 0.1) is 0 Å². The van der Waals surface area contributed by atoms with E-state index in [2.05, 4.69) is 84.9 Å². The molecule has 0 aromatic rings.